The van der Waals surface area contributed by atoms with Gasteiger partial charge in [-0.2, -0.15) is 0 Å². The number of hydrogen-bond donors (Lipinski definition) is 1. The molecule has 1 saturated heterocycles. The molecule has 1 N–H and O–H groups in total. The summed E-state index contributed by atoms with van der Waals surface area (Å²) >= 11 is 0. The summed E-state index contributed by atoms with van der Waals surface area (Å²) in [4.78, 5) is 2.11. The Bertz CT molecular complexity index is 645. The number of likely N-dealkylation sites (tertiary alicyclic amines) is 1. The minimum atomic E-state index is -3.30. The van der Waals surface area contributed by atoms with Crippen molar-refractivity contribution in [3.63, 3.8) is 0 Å². The van der Waals surface area contributed by atoms with Crippen LogP contribution in [0.15, 0.2) is 18.2 Å². The van der Waals surface area contributed by atoms with E-state index < -0.39 is 16.1 Å². The number of methoxy groups -OCH3 is 1. The molecule has 6 nitrogen and oxygen atoms in total. The van der Waals surface area contributed by atoms with Crippen LogP contribution in [0.3, 0.4) is 0 Å². The van der Waals surface area contributed by atoms with Gasteiger partial charge in [-0.25, -0.2) is 12.7 Å². The quantitative estimate of drug-likeness (QED) is 0.824. The molecule has 1 aromatic carbocycles. The van der Waals surface area contributed by atoms with Crippen molar-refractivity contribution in [2.24, 2.45) is 5.92 Å². The molecule has 0 unspecified atom stereocenters. The highest BCUT2D eigenvalue weighted by Gasteiger charge is 2.35. The Morgan fingerprint density at radius 1 is 1.35 bits per heavy atom. The number of aliphatic hydroxyl groups excluding tert-OH is 1. The third-order valence-electron chi connectivity index (χ3n) is 4.41. The van der Waals surface area contributed by atoms with Gasteiger partial charge in [-0.15, -0.1) is 0 Å². The van der Waals surface area contributed by atoms with Gasteiger partial charge in [0.1, 0.15) is 5.75 Å². The van der Waals surface area contributed by atoms with Gasteiger partial charge in [0.25, 0.3) is 0 Å². The van der Waals surface area contributed by atoms with Gasteiger partial charge in [-0.05, 0) is 30.2 Å². The van der Waals surface area contributed by atoms with E-state index >= 15 is 0 Å². The van der Waals surface area contributed by atoms with Gasteiger partial charge in [0, 0.05) is 39.6 Å². The maximum atomic E-state index is 12.0. The fourth-order valence-electron chi connectivity index (χ4n) is 2.87. The average Bonchev–Trinajstić information content (AvgIpc) is 2.80. The topological polar surface area (TPSA) is 70.1 Å². The maximum absolute atomic E-state index is 12.0. The molecule has 1 aromatic rings. The van der Waals surface area contributed by atoms with Crippen molar-refractivity contribution in [3.05, 3.63) is 29.3 Å². The van der Waals surface area contributed by atoms with Crippen LogP contribution in [-0.2, 0) is 16.6 Å². The van der Waals surface area contributed by atoms with Crippen LogP contribution in [0, 0.1) is 12.8 Å². The van der Waals surface area contributed by atoms with Crippen molar-refractivity contribution in [1.29, 1.82) is 0 Å². The minimum absolute atomic E-state index is 0.0146. The van der Waals surface area contributed by atoms with E-state index in [4.69, 9.17) is 4.74 Å². The van der Waals surface area contributed by atoms with Crippen molar-refractivity contribution >= 4 is 10.0 Å². The highest BCUT2D eigenvalue weighted by molar-refractivity contribution is 7.89. The van der Waals surface area contributed by atoms with E-state index in [1.807, 2.05) is 25.1 Å². The number of ether oxygens (including phenoxy) is 1. The van der Waals surface area contributed by atoms with Gasteiger partial charge in [0.15, 0.2) is 0 Å². The number of sulfonamides is 1. The lowest BCUT2D eigenvalue weighted by molar-refractivity contribution is 0.148. The van der Waals surface area contributed by atoms with Crippen molar-refractivity contribution in [3.8, 4) is 5.75 Å². The first kappa shape index (κ1) is 18.2. The molecule has 2 rings (SSSR count). The summed E-state index contributed by atoms with van der Waals surface area (Å²) in [6.45, 7) is 3.81. The van der Waals surface area contributed by atoms with Gasteiger partial charge < -0.3 is 9.84 Å². The fourth-order valence-corrected chi connectivity index (χ4v) is 4.03. The number of aryl methyl sites for hydroxylation is 1. The lowest BCUT2D eigenvalue weighted by atomic mass is 10.1. The number of nitrogens with zero attached hydrogens (tertiary/aromatic N) is 2. The van der Waals surface area contributed by atoms with Crippen LogP contribution in [0.5, 0.6) is 5.75 Å². The Balaban J connectivity index is 2.02. The molecule has 0 aromatic heterocycles. The summed E-state index contributed by atoms with van der Waals surface area (Å²) in [6, 6.07) is 5.92. The molecule has 7 heteroatoms. The zero-order valence-electron chi connectivity index (χ0n) is 14.2. The number of rotatable bonds is 6. The zero-order valence-corrected chi connectivity index (χ0v) is 15.0. The predicted molar refractivity (Wildman–Crippen MR) is 90.0 cm³/mol. The van der Waals surface area contributed by atoms with Crippen LogP contribution in [0.2, 0.25) is 0 Å². The Hall–Kier alpha value is -1.15. The van der Waals surface area contributed by atoms with Gasteiger partial charge in [-0.1, -0.05) is 6.07 Å². The lowest BCUT2D eigenvalue weighted by Gasteiger charge is -2.18. The van der Waals surface area contributed by atoms with Gasteiger partial charge in [0.2, 0.25) is 10.0 Å². The molecule has 23 heavy (non-hydrogen) atoms. The Morgan fingerprint density at radius 2 is 2.04 bits per heavy atom. The summed E-state index contributed by atoms with van der Waals surface area (Å²) in [5.41, 5.74) is 2.29. The zero-order chi connectivity index (χ0) is 17.2. The summed E-state index contributed by atoms with van der Waals surface area (Å²) in [5, 5.41) is 10.2. The van der Waals surface area contributed by atoms with Crippen molar-refractivity contribution in [2.45, 2.75) is 19.6 Å². The molecule has 1 aliphatic heterocycles. The first-order chi connectivity index (χ1) is 10.7. The molecular formula is C16H26N2O4S. The van der Waals surface area contributed by atoms with E-state index in [1.54, 1.807) is 7.11 Å². The first-order valence-corrected chi connectivity index (χ1v) is 9.28. The summed E-state index contributed by atoms with van der Waals surface area (Å²) < 4.78 is 30.4. The van der Waals surface area contributed by atoms with Crippen LogP contribution in [-0.4, -0.2) is 68.9 Å². The Labute approximate surface area is 138 Å². The van der Waals surface area contributed by atoms with Crippen LogP contribution in [0.1, 0.15) is 11.1 Å². The van der Waals surface area contributed by atoms with Gasteiger partial charge in [0.05, 0.1) is 19.0 Å². The lowest BCUT2D eigenvalue weighted by Crippen LogP contribution is -2.33. The highest BCUT2D eigenvalue weighted by atomic mass is 32.2. The van der Waals surface area contributed by atoms with Crippen molar-refractivity contribution in [1.82, 2.24) is 9.21 Å². The Morgan fingerprint density at radius 3 is 2.61 bits per heavy atom. The second-order valence-electron chi connectivity index (χ2n) is 6.37. The second-order valence-corrected chi connectivity index (χ2v) is 8.60. The number of β-amino-alcohol motifs (C(OH)–C–C–N with tert-alkyl or cyclic N) is 1. The standard InChI is InChI=1S/C16H26N2O4S/c1-12-7-15(22-4)6-5-13(12)8-18-9-14(16(19)10-18)11-23(20,21)17(2)3/h5-7,14,16,19H,8-11H2,1-4H3/t14-,16+/m0/s1. The van der Waals surface area contributed by atoms with E-state index in [1.165, 1.54) is 18.4 Å². The molecular weight excluding hydrogens is 316 g/mol. The molecule has 0 bridgehead atoms. The minimum Gasteiger partial charge on any atom is -0.497 e. The summed E-state index contributed by atoms with van der Waals surface area (Å²) in [6.07, 6.45) is -0.608. The normalized spacial score (nSPS) is 22.7. The van der Waals surface area contributed by atoms with Crippen LogP contribution >= 0.6 is 0 Å². The molecule has 0 saturated carbocycles. The number of aliphatic hydroxyl groups is 1. The third kappa shape index (κ3) is 4.44. The third-order valence-corrected chi connectivity index (χ3v) is 6.37. The molecule has 0 radical (unpaired) electrons. The monoisotopic (exact) mass is 342 g/mol. The molecule has 130 valence electrons. The van der Waals surface area contributed by atoms with Crippen LogP contribution in [0.4, 0.5) is 0 Å². The van der Waals surface area contributed by atoms with E-state index in [0.717, 1.165) is 16.9 Å². The predicted octanol–water partition coefficient (Wildman–Crippen LogP) is 0.688. The molecule has 1 fully saturated rings. The van der Waals surface area contributed by atoms with E-state index in [9.17, 15) is 13.5 Å². The van der Waals surface area contributed by atoms with Gasteiger partial charge in [-0.3, -0.25) is 4.90 Å². The largest absolute Gasteiger partial charge is 0.497 e. The molecule has 0 spiro atoms. The maximum Gasteiger partial charge on any atom is 0.214 e. The molecule has 1 heterocycles. The average molecular weight is 342 g/mol. The van der Waals surface area contributed by atoms with Crippen LogP contribution in [0.25, 0.3) is 0 Å². The van der Waals surface area contributed by atoms with E-state index in [0.29, 0.717) is 19.6 Å². The van der Waals surface area contributed by atoms with E-state index in [2.05, 4.69) is 4.90 Å². The SMILES string of the molecule is COc1ccc(CN2C[C@@H](CS(=O)(=O)N(C)C)[C@H](O)C2)c(C)c1. The summed E-state index contributed by atoms with van der Waals surface area (Å²) in [5.74, 6) is 0.558. The molecule has 1 aliphatic rings. The fraction of sp³-hybridized carbons (Fsp3) is 0.625. The number of hydrogen-bond acceptors (Lipinski definition) is 5. The molecule has 0 amide bonds. The highest BCUT2D eigenvalue weighted by Crippen LogP contribution is 2.24. The van der Waals surface area contributed by atoms with Crippen molar-refractivity contribution < 1.29 is 18.3 Å². The van der Waals surface area contributed by atoms with Crippen LogP contribution < -0.4 is 4.74 Å². The Kier molecular flexibility index (Phi) is 5.67. The first-order valence-electron chi connectivity index (χ1n) is 7.67. The molecule has 2 atom stereocenters. The van der Waals surface area contributed by atoms with Gasteiger partial charge >= 0.3 is 0 Å². The second kappa shape index (κ2) is 7.17. The summed E-state index contributed by atoms with van der Waals surface area (Å²) in [7, 11) is 1.39. The van der Waals surface area contributed by atoms with Crippen molar-refractivity contribution in [2.75, 3.05) is 40.0 Å². The van der Waals surface area contributed by atoms with E-state index in [-0.39, 0.29) is 11.7 Å². The number of benzene rings is 1. The molecule has 0 aliphatic carbocycles. The smallest absolute Gasteiger partial charge is 0.214 e.